The van der Waals surface area contributed by atoms with Gasteiger partial charge in [-0.25, -0.2) is 14.0 Å². The first-order valence-corrected chi connectivity index (χ1v) is 36.5. The molecule has 0 atom stereocenters. The SMILES string of the molecule is CC(C)(C)OC(=O)CCC(CCC(=O)OC(C)(C)C)(CCC(=O)OC(C)(C)C)n1cc(-c2cc(-c3cn(C(CCC(=O)OC(C)(C)C)(CCC(=O)OC(C)(C)C)CCC(=O)OC(C)(C)C)nn3)cc(-c3cn(C(CCC(=O)OC(C)(C)C)(CCC(=O)OC(C)(C)C)CCC(=O)OC(C)(C)C)nn3)c2)nn1. The van der Waals surface area contributed by atoms with E-state index in [0.717, 1.165) is 0 Å². The van der Waals surface area contributed by atoms with Crippen LogP contribution >= 0.6 is 0 Å². The number of hydrogen-bond donors (Lipinski definition) is 0. The van der Waals surface area contributed by atoms with Gasteiger partial charge in [-0.1, -0.05) is 15.6 Å². The van der Waals surface area contributed by atoms with E-state index in [2.05, 4.69) is 0 Å². The van der Waals surface area contributed by atoms with Crippen LogP contribution in [-0.4, -0.2) is 149 Å². The van der Waals surface area contributed by atoms with Gasteiger partial charge in [0, 0.05) is 74.5 Å². The molecule has 0 bridgehead atoms. The van der Waals surface area contributed by atoms with Gasteiger partial charge in [-0.2, -0.15) is 0 Å². The van der Waals surface area contributed by atoms with E-state index in [1.807, 2.05) is 0 Å². The number of hydrogen-bond acceptors (Lipinski definition) is 24. The quantitative estimate of drug-likeness (QED) is 0.0316. The first-order chi connectivity index (χ1) is 47.6. The lowest BCUT2D eigenvalue weighted by atomic mass is 9.83. The molecule has 588 valence electrons. The maximum absolute atomic E-state index is 13.8. The lowest BCUT2D eigenvalue weighted by Crippen LogP contribution is -2.38. The highest BCUT2D eigenvalue weighted by atomic mass is 16.6. The number of benzene rings is 1. The summed E-state index contributed by atoms with van der Waals surface area (Å²) < 4.78 is 57.0. The Bertz CT molecular complexity index is 3010. The number of rotatable bonds is 33. The third-order valence-electron chi connectivity index (χ3n) is 15.7. The molecule has 0 saturated carbocycles. The van der Waals surface area contributed by atoms with Crippen LogP contribution in [0.15, 0.2) is 36.8 Å². The summed E-state index contributed by atoms with van der Waals surface area (Å²) in [5, 5.41) is 28.6. The Morgan fingerprint density at radius 3 is 0.476 bits per heavy atom. The summed E-state index contributed by atoms with van der Waals surface area (Å²) in [5.74, 6) is -4.81. The fourth-order valence-corrected chi connectivity index (χ4v) is 11.7. The zero-order valence-corrected chi connectivity index (χ0v) is 68.1. The second-order valence-corrected chi connectivity index (χ2v) is 36.4. The molecular formula is C78H123N9O18. The normalized spacial score (nSPS) is 13.2. The molecule has 0 aliphatic heterocycles. The van der Waals surface area contributed by atoms with Gasteiger partial charge in [0.1, 0.15) is 67.5 Å². The molecule has 4 aromatic rings. The van der Waals surface area contributed by atoms with Crippen LogP contribution in [0.25, 0.3) is 33.8 Å². The third-order valence-corrected chi connectivity index (χ3v) is 15.7. The fourth-order valence-electron chi connectivity index (χ4n) is 11.7. The molecule has 3 heterocycles. The van der Waals surface area contributed by atoms with Crippen LogP contribution in [0.1, 0.15) is 303 Å². The van der Waals surface area contributed by atoms with Crippen molar-refractivity contribution < 1.29 is 85.8 Å². The van der Waals surface area contributed by atoms with Crippen molar-refractivity contribution in [3.63, 3.8) is 0 Å². The summed E-state index contributed by atoms with van der Waals surface area (Å²) in [4.78, 5) is 124. The van der Waals surface area contributed by atoms with Gasteiger partial charge in [-0.05, 0) is 263 Å². The summed E-state index contributed by atoms with van der Waals surface area (Å²) in [6, 6.07) is 5.32. The zero-order valence-electron chi connectivity index (χ0n) is 68.1. The highest BCUT2D eigenvalue weighted by Gasteiger charge is 2.42. The van der Waals surface area contributed by atoms with E-state index in [1.54, 1.807) is 238 Å². The van der Waals surface area contributed by atoms with E-state index < -0.39 is 121 Å². The summed E-state index contributed by atoms with van der Waals surface area (Å²) in [5.41, 5.74) is -9.63. The number of carbonyl (C=O) groups excluding carboxylic acids is 9. The molecular weight excluding hydrogens is 1350 g/mol. The first kappa shape index (κ1) is 89.3. The first-order valence-electron chi connectivity index (χ1n) is 36.5. The second-order valence-electron chi connectivity index (χ2n) is 36.4. The molecule has 0 aliphatic rings. The van der Waals surface area contributed by atoms with Crippen molar-refractivity contribution in [1.29, 1.82) is 0 Å². The van der Waals surface area contributed by atoms with Gasteiger partial charge in [0.15, 0.2) is 0 Å². The molecule has 1 aromatic carbocycles. The van der Waals surface area contributed by atoms with Crippen LogP contribution in [0.3, 0.4) is 0 Å². The second kappa shape index (κ2) is 35.1. The molecule has 0 fully saturated rings. The predicted octanol–water partition coefficient (Wildman–Crippen LogP) is 14.6. The van der Waals surface area contributed by atoms with Crippen molar-refractivity contribution >= 4 is 53.7 Å². The molecule has 4 rings (SSSR count). The van der Waals surface area contributed by atoms with Crippen LogP contribution in [0.5, 0.6) is 0 Å². The molecule has 3 aromatic heterocycles. The molecule has 0 aliphatic carbocycles. The number of nitrogens with zero attached hydrogens (tertiary/aromatic N) is 9. The zero-order chi connectivity index (χ0) is 80.0. The minimum atomic E-state index is -1.30. The van der Waals surface area contributed by atoms with Crippen molar-refractivity contribution in [3.05, 3.63) is 36.8 Å². The van der Waals surface area contributed by atoms with Gasteiger partial charge in [0.05, 0.1) is 35.2 Å². The molecule has 0 unspecified atom stereocenters. The summed E-state index contributed by atoms with van der Waals surface area (Å²) in [6.45, 7) is 47.3. The van der Waals surface area contributed by atoms with E-state index in [4.69, 9.17) is 73.6 Å². The van der Waals surface area contributed by atoms with Crippen molar-refractivity contribution in [2.45, 2.75) is 370 Å². The van der Waals surface area contributed by atoms with E-state index in [1.165, 1.54) is 0 Å². The number of carbonyl (C=O) groups is 9. The van der Waals surface area contributed by atoms with Crippen molar-refractivity contribution in [2.24, 2.45) is 0 Å². The largest absolute Gasteiger partial charge is 0.460 e. The van der Waals surface area contributed by atoms with Gasteiger partial charge in [-0.3, -0.25) is 43.2 Å². The Balaban J connectivity index is 2.22. The number of esters is 9. The smallest absolute Gasteiger partial charge is 0.306 e. The molecule has 27 nitrogen and oxygen atoms in total. The van der Waals surface area contributed by atoms with Gasteiger partial charge < -0.3 is 42.6 Å². The number of ether oxygens (including phenoxy) is 9. The van der Waals surface area contributed by atoms with Gasteiger partial charge in [0.2, 0.25) is 0 Å². The van der Waals surface area contributed by atoms with Crippen LogP contribution in [-0.2, 0) is 102 Å². The van der Waals surface area contributed by atoms with Crippen molar-refractivity contribution in [3.8, 4) is 33.8 Å². The molecule has 27 heteroatoms. The topological polar surface area (TPSA) is 329 Å². The van der Waals surface area contributed by atoms with Crippen LogP contribution in [0.2, 0.25) is 0 Å². The molecule has 0 spiro atoms. The summed E-state index contributed by atoms with van der Waals surface area (Å²) >= 11 is 0. The Labute approximate surface area is 622 Å². The lowest BCUT2D eigenvalue weighted by Gasteiger charge is -2.34. The molecule has 0 radical (unpaired) electrons. The average molecular weight is 1470 g/mol. The van der Waals surface area contributed by atoms with E-state index >= 15 is 0 Å². The Hall–Kier alpha value is -8.13. The van der Waals surface area contributed by atoms with Crippen LogP contribution < -0.4 is 0 Å². The summed E-state index contributed by atoms with van der Waals surface area (Å²) in [6.07, 6.45) is 3.64. The van der Waals surface area contributed by atoms with Gasteiger partial charge in [0.25, 0.3) is 0 Å². The Morgan fingerprint density at radius 2 is 0.362 bits per heavy atom. The maximum Gasteiger partial charge on any atom is 0.306 e. The minimum absolute atomic E-state index is 0.0167. The molecule has 0 N–H and O–H groups in total. The average Bonchev–Trinajstić information content (AvgIpc) is 1.65. The van der Waals surface area contributed by atoms with E-state index in [9.17, 15) is 43.2 Å². The number of aromatic nitrogens is 9. The standard InChI is InChI=1S/C78H123N9O18/c1-67(2,3)97-58(88)28-37-76(38-29-59(89)98-68(4,5)6,39-30-60(90)99-69(7,8)9)85-49-55(79-82-85)52-46-53(56-50-86(83-80-56)77(40-31-61(91)100-70(10,11)12,41-32-62(92)101-71(13,14)15)42-33-63(93)102-72(16,17)18)48-54(47-52)57-51-87(84-81-57)78(43-34-64(94)103-73(19,20)21,44-35-65(95)104-74(22,23)24)45-36-66(96)105-75(25,26)27/h46-51H,28-45H2,1-27H3. The molecule has 0 amide bonds. The van der Waals surface area contributed by atoms with Crippen molar-refractivity contribution in [1.82, 2.24) is 45.0 Å². The van der Waals surface area contributed by atoms with Crippen LogP contribution in [0, 0.1) is 0 Å². The fraction of sp³-hybridized carbons (Fsp3) is 0.731. The maximum atomic E-state index is 13.8. The Kier molecular flexibility index (Phi) is 29.8. The monoisotopic (exact) mass is 1470 g/mol. The predicted molar refractivity (Wildman–Crippen MR) is 393 cm³/mol. The van der Waals surface area contributed by atoms with Gasteiger partial charge in [-0.15, -0.1) is 15.3 Å². The van der Waals surface area contributed by atoms with Gasteiger partial charge >= 0.3 is 53.7 Å². The highest BCUT2D eigenvalue weighted by Crippen LogP contribution is 2.42. The van der Waals surface area contributed by atoms with E-state index in [-0.39, 0.29) is 133 Å². The lowest BCUT2D eigenvalue weighted by molar-refractivity contribution is -0.159. The highest BCUT2D eigenvalue weighted by molar-refractivity contribution is 5.78. The summed E-state index contributed by atoms with van der Waals surface area (Å²) in [7, 11) is 0. The van der Waals surface area contributed by atoms with Crippen LogP contribution in [0.4, 0.5) is 0 Å². The van der Waals surface area contributed by atoms with Crippen molar-refractivity contribution in [2.75, 3.05) is 0 Å². The minimum Gasteiger partial charge on any atom is -0.460 e. The third kappa shape index (κ3) is 33.1. The Morgan fingerprint density at radius 1 is 0.238 bits per heavy atom. The molecule has 105 heavy (non-hydrogen) atoms. The molecule has 0 saturated heterocycles. The van der Waals surface area contributed by atoms with E-state index in [0.29, 0.717) is 16.7 Å².